The van der Waals surface area contributed by atoms with Gasteiger partial charge in [0, 0.05) is 24.0 Å². The minimum absolute atomic E-state index is 0.0866. The van der Waals surface area contributed by atoms with Crippen LogP contribution in [0.4, 0.5) is 4.39 Å². The van der Waals surface area contributed by atoms with Crippen molar-refractivity contribution >= 4 is 28.6 Å². The highest BCUT2D eigenvalue weighted by Crippen LogP contribution is 2.10. The van der Waals surface area contributed by atoms with Crippen molar-refractivity contribution in [3.05, 3.63) is 66.0 Å². The van der Waals surface area contributed by atoms with Gasteiger partial charge in [-0.15, -0.1) is 0 Å². The maximum Gasteiger partial charge on any atom is 0.328 e. The smallest absolute Gasteiger partial charge is 0.328 e. The summed E-state index contributed by atoms with van der Waals surface area (Å²) in [7, 11) is -0.161. The molecule has 9 heteroatoms. The van der Waals surface area contributed by atoms with Gasteiger partial charge in [0.2, 0.25) is 11.8 Å². The molecule has 3 atom stereocenters. The zero-order valence-corrected chi connectivity index (χ0v) is 18.1. The number of halogens is 1. The minimum Gasteiger partial charge on any atom is -0.467 e. The highest BCUT2D eigenvalue weighted by atomic mass is 32.2. The fourth-order valence-corrected chi connectivity index (χ4v) is 4.04. The first kappa shape index (κ1) is 24.2. The Balaban J connectivity index is 2.07. The zero-order chi connectivity index (χ0) is 22.8. The number of benzene rings is 2. The molecule has 0 saturated carbocycles. The monoisotopic (exact) mass is 448 g/mol. The van der Waals surface area contributed by atoms with E-state index in [1.165, 1.54) is 38.3 Å². The molecule has 2 amide bonds. The van der Waals surface area contributed by atoms with Crippen molar-refractivity contribution in [2.45, 2.75) is 36.7 Å². The largest absolute Gasteiger partial charge is 0.467 e. The molecule has 0 fully saturated rings. The number of methoxy groups -OCH3 is 1. The maximum absolute atomic E-state index is 13.1. The summed E-state index contributed by atoms with van der Waals surface area (Å²) in [5.41, 5.74) is 0.634. The van der Waals surface area contributed by atoms with E-state index in [-0.39, 0.29) is 18.6 Å². The lowest BCUT2D eigenvalue weighted by molar-refractivity contribution is -0.145. The van der Waals surface area contributed by atoms with Gasteiger partial charge in [-0.1, -0.05) is 30.3 Å². The summed E-state index contributed by atoms with van der Waals surface area (Å²) >= 11 is 0. The third-order valence-electron chi connectivity index (χ3n) is 4.45. The quantitative estimate of drug-likeness (QED) is 0.539. The van der Waals surface area contributed by atoms with Crippen molar-refractivity contribution in [3.63, 3.8) is 0 Å². The van der Waals surface area contributed by atoms with Gasteiger partial charge >= 0.3 is 5.97 Å². The van der Waals surface area contributed by atoms with E-state index in [4.69, 9.17) is 4.74 Å². The number of ether oxygens (including phenoxy) is 1. The number of rotatable bonds is 10. The lowest BCUT2D eigenvalue weighted by atomic mass is 10.0. The van der Waals surface area contributed by atoms with Crippen LogP contribution in [0.3, 0.4) is 0 Å². The summed E-state index contributed by atoms with van der Waals surface area (Å²) in [5, 5.41) is 5.11. The topological polar surface area (TPSA) is 102 Å². The number of amides is 2. The van der Waals surface area contributed by atoms with Crippen molar-refractivity contribution in [2.75, 3.05) is 12.9 Å². The van der Waals surface area contributed by atoms with Crippen LogP contribution in [-0.2, 0) is 36.3 Å². The Bertz CT molecular complexity index is 921. The highest BCUT2D eigenvalue weighted by molar-refractivity contribution is 7.85. The fourth-order valence-electron chi connectivity index (χ4n) is 2.89. The molecule has 7 nitrogen and oxygen atoms in total. The number of hydrogen-bond donors (Lipinski definition) is 2. The Kier molecular flexibility index (Phi) is 9.33. The summed E-state index contributed by atoms with van der Waals surface area (Å²) in [6, 6.07) is 12.3. The Morgan fingerprint density at radius 2 is 1.65 bits per heavy atom. The SMILES string of the molecule is COC(=O)[C@H](CC[S@@](=O)c1ccccc1)NC(=O)[C@H](Cc1ccc(F)cc1)NC(C)=O. The van der Waals surface area contributed by atoms with Crippen LogP contribution >= 0.6 is 0 Å². The van der Waals surface area contributed by atoms with E-state index in [9.17, 15) is 23.0 Å². The van der Waals surface area contributed by atoms with E-state index >= 15 is 0 Å². The Hall–Kier alpha value is -3.07. The van der Waals surface area contributed by atoms with E-state index in [2.05, 4.69) is 10.6 Å². The van der Waals surface area contributed by atoms with E-state index in [1.807, 2.05) is 6.07 Å². The van der Waals surface area contributed by atoms with Gasteiger partial charge in [-0.3, -0.25) is 13.8 Å². The van der Waals surface area contributed by atoms with Gasteiger partial charge in [-0.05, 0) is 36.2 Å². The van der Waals surface area contributed by atoms with Gasteiger partial charge in [0.05, 0.1) is 17.9 Å². The molecule has 0 aliphatic rings. The predicted octanol–water partition coefficient (Wildman–Crippen LogP) is 1.73. The molecule has 166 valence electrons. The van der Waals surface area contributed by atoms with E-state index in [0.29, 0.717) is 10.5 Å². The molecule has 0 bridgehead atoms. The first-order chi connectivity index (χ1) is 14.8. The Morgan fingerprint density at radius 3 is 2.23 bits per heavy atom. The first-order valence-corrected chi connectivity index (χ1v) is 10.9. The summed E-state index contributed by atoms with van der Waals surface area (Å²) in [6.07, 6.45) is 0.193. The third-order valence-corrected chi connectivity index (χ3v) is 5.85. The first-order valence-electron chi connectivity index (χ1n) is 9.63. The average Bonchev–Trinajstić information content (AvgIpc) is 2.77. The highest BCUT2D eigenvalue weighted by Gasteiger charge is 2.27. The summed E-state index contributed by atoms with van der Waals surface area (Å²) in [4.78, 5) is 37.2. The molecule has 0 aliphatic carbocycles. The van der Waals surface area contributed by atoms with Crippen LogP contribution in [-0.4, -0.2) is 46.9 Å². The normalized spacial score (nSPS) is 13.5. The molecule has 2 N–H and O–H groups in total. The average molecular weight is 449 g/mol. The van der Waals surface area contributed by atoms with Crippen molar-refractivity contribution < 1.29 is 27.7 Å². The Labute approximate surface area is 182 Å². The van der Waals surface area contributed by atoms with Crippen molar-refractivity contribution in [2.24, 2.45) is 0 Å². The molecule has 0 aromatic heterocycles. The lowest BCUT2D eigenvalue weighted by Gasteiger charge is -2.22. The zero-order valence-electron chi connectivity index (χ0n) is 17.3. The molecule has 0 unspecified atom stereocenters. The van der Waals surface area contributed by atoms with Gasteiger partial charge in [-0.25, -0.2) is 9.18 Å². The van der Waals surface area contributed by atoms with E-state index in [0.717, 1.165) is 0 Å². The second-order valence-electron chi connectivity index (χ2n) is 6.82. The molecule has 0 aliphatic heterocycles. The van der Waals surface area contributed by atoms with Gasteiger partial charge in [0.15, 0.2) is 0 Å². The predicted molar refractivity (Wildman–Crippen MR) is 114 cm³/mol. The molecule has 0 saturated heterocycles. The van der Waals surface area contributed by atoms with Crippen LogP contribution in [0.5, 0.6) is 0 Å². The summed E-state index contributed by atoms with van der Waals surface area (Å²) < 4.78 is 30.4. The molecule has 0 radical (unpaired) electrons. The number of esters is 1. The second-order valence-corrected chi connectivity index (χ2v) is 8.39. The third kappa shape index (κ3) is 7.93. The van der Waals surface area contributed by atoms with E-state index in [1.54, 1.807) is 24.3 Å². The summed E-state index contributed by atoms with van der Waals surface area (Å²) in [5.74, 6) is -1.99. The number of nitrogens with one attached hydrogen (secondary N) is 2. The summed E-state index contributed by atoms with van der Waals surface area (Å²) in [6.45, 7) is 1.27. The molecule has 2 aromatic rings. The maximum atomic E-state index is 13.1. The number of carbonyl (C=O) groups is 3. The van der Waals surface area contributed by atoms with Crippen molar-refractivity contribution in [3.8, 4) is 0 Å². The molecule has 2 aromatic carbocycles. The molecular formula is C22H25FN2O5S. The molecule has 2 rings (SSSR count). The van der Waals surface area contributed by atoms with Gasteiger partial charge in [-0.2, -0.15) is 0 Å². The van der Waals surface area contributed by atoms with Crippen LogP contribution in [0.15, 0.2) is 59.5 Å². The lowest BCUT2D eigenvalue weighted by Crippen LogP contribution is -2.52. The van der Waals surface area contributed by atoms with Crippen LogP contribution in [0.2, 0.25) is 0 Å². The van der Waals surface area contributed by atoms with Crippen molar-refractivity contribution in [1.29, 1.82) is 0 Å². The van der Waals surface area contributed by atoms with Crippen LogP contribution in [0.25, 0.3) is 0 Å². The molecular weight excluding hydrogens is 423 g/mol. The van der Waals surface area contributed by atoms with Crippen molar-refractivity contribution in [1.82, 2.24) is 10.6 Å². The van der Waals surface area contributed by atoms with Crippen LogP contribution < -0.4 is 10.6 Å². The van der Waals surface area contributed by atoms with Crippen LogP contribution in [0, 0.1) is 5.82 Å². The number of carbonyl (C=O) groups excluding carboxylic acids is 3. The van der Waals surface area contributed by atoms with Gasteiger partial charge in [0.25, 0.3) is 0 Å². The van der Waals surface area contributed by atoms with Gasteiger partial charge < -0.3 is 15.4 Å². The second kappa shape index (κ2) is 11.9. The Morgan fingerprint density at radius 1 is 1.00 bits per heavy atom. The molecule has 0 heterocycles. The van der Waals surface area contributed by atoms with Gasteiger partial charge in [0.1, 0.15) is 17.9 Å². The molecule has 31 heavy (non-hydrogen) atoms. The fraction of sp³-hybridized carbons (Fsp3) is 0.318. The standard InChI is InChI=1S/C22H25FN2O5S/c1-15(26)24-20(14-16-8-10-17(23)11-9-16)21(27)25-19(22(28)30-2)12-13-31(29)18-6-4-3-5-7-18/h3-11,19-20H,12-14H2,1-2H3,(H,24,26)(H,25,27)/t19-,20-,31+/m0/s1. The minimum atomic E-state index is -1.36. The molecule has 0 spiro atoms. The van der Waals surface area contributed by atoms with E-state index < -0.39 is 46.5 Å². The van der Waals surface area contributed by atoms with Crippen LogP contribution in [0.1, 0.15) is 18.9 Å². The number of hydrogen-bond acceptors (Lipinski definition) is 5.